The molecule has 2 aromatic rings. The molecule has 4 nitrogen and oxygen atoms in total. The van der Waals surface area contributed by atoms with Gasteiger partial charge in [-0.2, -0.15) is 0 Å². The number of piperidine rings is 1. The topological polar surface area (TPSA) is 46.5 Å². The van der Waals surface area contributed by atoms with E-state index in [1.165, 1.54) is 0 Å². The Bertz CT molecular complexity index is 1120. The summed E-state index contributed by atoms with van der Waals surface area (Å²) in [5.41, 5.74) is -1.46. The van der Waals surface area contributed by atoms with E-state index in [0.29, 0.717) is 24.0 Å². The van der Waals surface area contributed by atoms with Crippen LogP contribution in [0.25, 0.3) is 0 Å². The molecule has 0 saturated carbocycles. The molecule has 3 aliphatic rings. The van der Waals surface area contributed by atoms with Gasteiger partial charge in [0, 0.05) is 43.9 Å². The molecule has 3 atom stereocenters. The van der Waals surface area contributed by atoms with E-state index in [2.05, 4.69) is 0 Å². The average molecular weight is 480 g/mol. The molecule has 3 saturated heterocycles. The Hall–Kier alpha value is -1.69. The van der Waals surface area contributed by atoms with Crippen LogP contribution in [0.1, 0.15) is 60.5 Å². The summed E-state index contributed by atoms with van der Waals surface area (Å²) in [6, 6.07) is 15.2. The van der Waals surface area contributed by atoms with Crippen molar-refractivity contribution in [3.63, 3.8) is 0 Å². The molecule has 3 heterocycles. The van der Waals surface area contributed by atoms with Gasteiger partial charge in [-0.05, 0) is 11.1 Å². The highest BCUT2D eigenvalue weighted by Crippen LogP contribution is 2.46. The quantitative estimate of drug-likeness (QED) is 0.520. The largest absolute Gasteiger partial charge is 1.00 e. The average Bonchev–Trinajstić information content (AvgIpc) is 3.13. The summed E-state index contributed by atoms with van der Waals surface area (Å²) in [5, 5.41) is 11.7. The van der Waals surface area contributed by atoms with Gasteiger partial charge in [-0.1, -0.05) is 60.7 Å². The number of benzene rings is 2. The first-order valence-corrected chi connectivity index (χ1v) is 10.1. The fourth-order valence-electron chi connectivity index (χ4n) is 5.09. The number of ether oxygens (including phenoxy) is 1. The lowest BCUT2D eigenvalue weighted by Gasteiger charge is -2.47. The molecular weight excluding hydrogens is 442 g/mol. The summed E-state index contributed by atoms with van der Waals surface area (Å²) in [6.45, 7) is -5.68. The number of carbonyl (C=O) groups excluding carboxylic acids is 1. The molecular formula is C25H30BrNO3. The Morgan fingerprint density at radius 2 is 1.40 bits per heavy atom. The molecule has 3 fully saturated rings. The van der Waals surface area contributed by atoms with E-state index in [0.717, 1.165) is 0 Å². The summed E-state index contributed by atoms with van der Waals surface area (Å²) >= 11 is 0. The molecule has 2 bridgehead atoms. The number of carbonyl (C=O) groups is 1. The lowest BCUT2D eigenvalue weighted by Crippen LogP contribution is -3.00. The monoisotopic (exact) mass is 479 g/mol. The molecule has 2 aromatic carbocycles. The van der Waals surface area contributed by atoms with Crippen molar-refractivity contribution in [3.8, 4) is 0 Å². The molecule has 1 N–H and O–H groups in total. The van der Waals surface area contributed by atoms with Crippen molar-refractivity contribution in [1.29, 1.82) is 0 Å². The molecule has 1 unspecified atom stereocenters. The Labute approximate surface area is 200 Å². The zero-order chi connectivity index (χ0) is 27.1. The minimum Gasteiger partial charge on any atom is -1.00 e. The Morgan fingerprint density at radius 3 is 1.87 bits per heavy atom. The predicted octanol–water partition coefficient (Wildman–Crippen LogP) is 0.774. The van der Waals surface area contributed by atoms with Crippen LogP contribution in [0, 0.1) is 0 Å². The SMILES string of the molecule is [2H]C1([2H])C([2H])([2H])C([2H])([2H])[N+]2([C@@H]3CC[C@H]2CC(OC(=O)C(O)(c2ccccc2)c2ccccc2)C3)C1([2H])[2H].[Br-]. The van der Waals surface area contributed by atoms with E-state index in [-0.39, 0.29) is 29.8 Å². The molecule has 0 amide bonds. The van der Waals surface area contributed by atoms with Crippen molar-refractivity contribution >= 4 is 5.97 Å². The smallest absolute Gasteiger partial charge is 0.347 e. The molecule has 1 spiro atoms. The van der Waals surface area contributed by atoms with Crippen LogP contribution in [0.2, 0.25) is 0 Å². The van der Waals surface area contributed by atoms with Gasteiger partial charge in [0.2, 0.25) is 5.60 Å². The van der Waals surface area contributed by atoms with Gasteiger partial charge in [0.05, 0.1) is 30.6 Å². The minimum atomic E-state index is -3.07. The second kappa shape index (κ2) is 8.45. The maximum atomic E-state index is 13.6. The lowest BCUT2D eigenvalue weighted by atomic mass is 9.86. The second-order valence-corrected chi connectivity index (χ2v) is 8.08. The van der Waals surface area contributed by atoms with Crippen LogP contribution in [0.15, 0.2) is 60.7 Å². The van der Waals surface area contributed by atoms with Crippen molar-refractivity contribution in [1.82, 2.24) is 0 Å². The van der Waals surface area contributed by atoms with E-state index in [1.807, 2.05) is 0 Å². The number of aliphatic hydroxyl groups is 1. The van der Waals surface area contributed by atoms with Crippen molar-refractivity contribution in [2.75, 3.05) is 13.0 Å². The van der Waals surface area contributed by atoms with Crippen LogP contribution in [0.4, 0.5) is 0 Å². The Kier molecular flexibility index (Phi) is 3.85. The van der Waals surface area contributed by atoms with Gasteiger partial charge in [0.15, 0.2) is 0 Å². The summed E-state index contributed by atoms with van der Waals surface area (Å²) in [5.74, 6) is -0.902. The predicted molar refractivity (Wildman–Crippen MR) is 111 cm³/mol. The molecule has 0 aromatic heterocycles. The van der Waals surface area contributed by atoms with Gasteiger partial charge in [-0.15, -0.1) is 0 Å². The molecule has 5 rings (SSSR count). The van der Waals surface area contributed by atoms with Crippen LogP contribution >= 0.6 is 0 Å². The number of hydrogen-bond donors (Lipinski definition) is 1. The van der Waals surface area contributed by atoms with E-state index in [4.69, 9.17) is 15.7 Å². The van der Waals surface area contributed by atoms with Gasteiger partial charge >= 0.3 is 5.97 Å². The highest BCUT2D eigenvalue weighted by molar-refractivity contribution is 5.85. The highest BCUT2D eigenvalue weighted by atomic mass is 79.9. The van der Waals surface area contributed by atoms with E-state index in [9.17, 15) is 9.90 Å². The number of quaternary nitrogens is 1. The molecule has 160 valence electrons. The van der Waals surface area contributed by atoms with Gasteiger partial charge in [0.25, 0.3) is 0 Å². The summed E-state index contributed by atoms with van der Waals surface area (Å²) < 4.78 is 72.9. The van der Waals surface area contributed by atoms with Crippen LogP contribution < -0.4 is 17.0 Å². The number of esters is 1. The maximum absolute atomic E-state index is 13.6. The van der Waals surface area contributed by atoms with E-state index >= 15 is 0 Å². The molecule has 0 radical (unpaired) electrons. The van der Waals surface area contributed by atoms with Crippen LogP contribution in [-0.4, -0.2) is 46.7 Å². The Morgan fingerprint density at radius 1 is 0.933 bits per heavy atom. The first kappa shape index (κ1) is 13.7. The first-order valence-electron chi connectivity index (χ1n) is 14.1. The summed E-state index contributed by atoms with van der Waals surface area (Å²) in [4.78, 5) is 13.6. The van der Waals surface area contributed by atoms with E-state index < -0.39 is 60.0 Å². The lowest BCUT2D eigenvalue weighted by molar-refractivity contribution is -0.956. The summed E-state index contributed by atoms with van der Waals surface area (Å²) in [7, 11) is 0. The third-order valence-corrected chi connectivity index (χ3v) is 6.55. The van der Waals surface area contributed by atoms with Crippen molar-refractivity contribution in [2.45, 2.75) is 62.2 Å². The van der Waals surface area contributed by atoms with Crippen molar-refractivity contribution in [2.24, 2.45) is 0 Å². The Balaban J connectivity index is 0.00000336. The van der Waals surface area contributed by atoms with Crippen LogP contribution in [0.3, 0.4) is 0 Å². The number of halogens is 1. The molecule has 5 heteroatoms. The van der Waals surface area contributed by atoms with Gasteiger partial charge in [-0.25, -0.2) is 4.79 Å². The fraction of sp³-hybridized carbons (Fsp3) is 0.480. The third kappa shape index (κ3) is 3.41. The summed E-state index contributed by atoms with van der Waals surface area (Å²) in [6.07, 6.45) is -6.14. The first-order chi connectivity index (χ1) is 17.2. The number of nitrogens with zero attached hydrogens (tertiary/aromatic N) is 1. The van der Waals surface area contributed by atoms with Gasteiger partial charge < -0.3 is 31.3 Å². The third-order valence-electron chi connectivity index (χ3n) is 6.55. The minimum absolute atomic E-state index is 0. The number of rotatable bonds is 4. The standard InChI is InChI=1S/C25H30NO3.BrH/c27-24(25(28,19-9-3-1-4-10-19)20-11-5-2-6-12-20)29-23-17-21-13-14-22(18-23)26(21)15-7-8-16-26;/h1-6,9-12,21-23,28H,7-8,13-18H2;1H/q+1;/p-1/t21-,22+,23?;/i7D2,8D2,15D2,16D2;. The second-order valence-electron chi connectivity index (χ2n) is 8.08. The van der Waals surface area contributed by atoms with Gasteiger partial charge in [0.1, 0.15) is 6.10 Å². The fourth-order valence-corrected chi connectivity index (χ4v) is 5.09. The molecule has 30 heavy (non-hydrogen) atoms. The number of hydrogen-bond acceptors (Lipinski definition) is 3. The van der Waals surface area contributed by atoms with Crippen LogP contribution in [0.5, 0.6) is 0 Å². The zero-order valence-corrected chi connectivity index (χ0v) is 18.0. The highest BCUT2D eigenvalue weighted by Gasteiger charge is 2.56. The van der Waals surface area contributed by atoms with Crippen LogP contribution in [-0.2, 0) is 15.1 Å². The zero-order valence-electron chi connectivity index (χ0n) is 24.4. The van der Waals surface area contributed by atoms with Crippen molar-refractivity contribution < 1.29 is 47.1 Å². The van der Waals surface area contributed by atoms with Crippen molar-refractivity contribution in [3.05, 3.63) is 71.8 Å². The van der Waals surface area contributed by atoms with Gasteiger partial charge in [-0.3, -0.25) is 0 Å². The van der Waals surface area contributed by atoms with E-state index in [1.54, 1.807) is 60.7 Å². The molecule has 3 aliphatic heterocycles. The maximum Gasteiger partial charge on any atom is 0.347 e. The molecule has 0 aliphatic carbocycles. The normalized spacial score (nSPS) is 37.6.